The predicted molar refractivity (Wildman–Crippen MR) is 114 cm³/mol. The van der Waals surface area contributed by atoms with Gasteiger partial charge in [0.2, 0.25) is 15.9 Å². The molecule has 0 atom stereocenters. The number of carbonyl (C=O) groups is 1. The molecule has 0 aromatic heterocycles. The number of nitrogens with one attached hydrogen (secondary N) is 1. The van der Waals surface area contributed by atoms with Crippen molar-refractivity contribution in [3.05, 3.63) is 47.0 Å². The monoisotopic (exact) mass is 430 g/mol. The number of ether oxygens (including phenoxy) is 2. The van der Waals surface area contributed by atoms with Gasteiger partial charge in [0.25, 0.3) is 0 Å². The summed E-state index contributed by atoms with van der Waals surface area (Å²) in [5.41, 5.74) is 3.78. The van der Waals surface area contributed by atoms with Crippen molar-refractivity contribution in [3.8, 4) is 11.5 Å². The third-order valence-electron chi connectivity index (χ3n) is 5.71. The normalized spacial score (nSPS) is 15.7. The zero-order valence-electron chi connectivity index (χ0n) is 17.2. The molecule has 2 heterocycles. The van der Waals surface area contributed by atoms with Gasteiger partial charge in [-0.25, -0.2) is 13.1 Å². The Kier molecular flexibility index (Phi) is 5.71. The van der Waals surface area contributed by atoms with Crippen molar-refractivity contribution in [2.75, 3.05) is 32.2 Å². The average molecular weight is 431 g/mol. The number of aryl methyl sites for hydroxylation is 2. The van der Waals surface area contributed by atoms with Crippen LogP contribution in [0, 0.1) is 0 Å². The highest BCUT2D eigenvalue weighted by Crippen LogP contribution is 2.37. The summed E-state index contributed by atoms with van der Waals surface area (Å²) in [7, 11) is -0.494. The molecule has 0 unspecified atom stereocenters. The Bertz CT molecular complexity index is 1060. The van der Waals surface area contributed by atoms with E-state index in [0.29, 0.717) is 37.3 Å². The van der Waals surface area contributed by atoms with Gasteiger partial charge in [0.1, 0.15) is 0 Å². The Morgan fingerprint density at radius 2 is 1.73 bits per heavy atom. The molecular formula is C22H26N2O5S. The minimum Gasteiger partial charge on any atom is -0.493 e. The van der Waals surface area contributed by atoms with Crippen molar-refractivity contribution >= 4 is 21.6 Å². The number of benzene rings is 2. The maximum absolute atomic E-state index is 12.9. The van der Waals surface area contributed by atoms with Gasteiger partial charge in [0.15, 0.2) is 11.5 Å². The molecule has 1 amide bonds. The smallest absolute Gasteiger partial charge is 0.240 e. The quantitative estimate of drug-likeness (QED) is 0.729. The lowest BCUT2D eigenvalue weighted by Gasteiger charge is -2.35. The maximum Gasteiger partial charge on any atom is 0.240 e. The van der Waals surface area contributed by atoms with E-state index in [4.69, 9.17) is 9.47 Å². The van der Waals surface area contributed by atoms with Crippen LogP contribution in [0.5, 0.6) is 11.5 Å². The summed E-state index contributed by atoms with van der Waals surface area (Å²) < 4.78 is 39.1. The van der Waals surface area contributed by atoms with Crippen molar-refractivity contribution in [2.24, 2.45) is 0 Å². The van der Waals surface area contributed by atoms with Gasteiger partial charge in [-0.3, -0.25) is 4.79 Å². The number of rotatable bonds is 7. The molecule has 2 aromatic carbocycles. The van der Waals surface area contributed by atoms with Gasteiger partial charge in [-0.05, 0) is 66.6 Å². The summed E-state index contributed by atoms with van der Waals surface area (Å²) in [6.45, 7) is 0.989. The second-order valence-electron chi connectivity index (χ2n) is 7.58. The lowest BCUT2D eigenvalue weighted by atomic mass is 9.92. The van der Waals surface area contributed by atoms with Crippen molar-refractivity contribution in [1.29, 1.82) is 0 Å². The van der Waals surface area contributed by atoms with Gasteiger partial charge in [-0.1, -0.05) is 6.07 Å². The van der Waals surface area contributed by atoms with E-state index in [2.05, 4.69) is 4.72 Å². The molecule has 2 aliphatic rings. The minimum absolute atomic E-state index is 0.132. The molecule has 2 aliphatic heterocycles. The lowest BCUT2D eigenvalue weighted by molar-refractivity contribution is -0.119. The lowest BCUT2D eigenvalue weighted by Crippen LogP contribution is -2.39. The molecular weight excluding hydrogens is 404 g/mol. The van der Waals surface area contributed by atoms with Crippen LogP contribution < -0.4 is 19.1 Å². The summed E-state index contributed by atoms with van der Waals surface area (Å²) in [5, 5.41) is 0. The molecule has 0 aliphatic carbocycles. The zero-order valence-corrected chi connectivity index (χ0v) is 18.0. The molecule has 0 saturated heterocycles. The van der Waals surface area contributed by atoms with Gasteiger partial charge >= 0.3 is 0 Å². The molecule has 4 rings (SSSR count). The molecule has 0 saturated carbocycles. The van der Waals surface area contributed by atoms with Crippen molar-refractivity contribution < 1.29 is 22.7 Å². The fourth-order valence-corrected chi connectivity index (χ4v) is 5.36. The first-order chi connectivity index (χ1) is 14.4. The molecule has 1 N–H and O–H groups in total. The fraction of sp³-hybridized carbons (Fsp3) is 0.409. The summed E-state index contributed by atoms with van der Waals surface area (Å²) in [4.78, 5) is 14.3. The molecule has 0 spiro atoms. The Hall–Kier alpha value is -2.58. The number of hydrogen-bond donors (Lipinski definition) is 1. The standard InChI is InChI=1S/C22H26N2O5S/c1-28-19-7-5-15(12-20(19)29-2)9-10-23-30(26,27)18-13-16-4-3-11-24-21(25)8-6-17(14-18)22(16)24/h5,7,12-14,23H,3-4,6,8-11H2,1-2H3. The van der Waals surface area contributed by atoms with Crippen molar-refractivity contribution in [1.82, 2.24) is 4.72 Å². The molecule has 0 bridgehead atoms. The van der Waals surface area contributed by atoms with E-state index in [-0.39, 0.29) is 17.3 Å². The highest BCUT2D eigenvalue weighted by molar-refractivity contribution is 7.89. The Balaban J connectivity index is 1.50. The number of methoxy groups -OCH3 is 2. The number of amides is 1. The summed E-state index contributed by atoms with van der Waals surface area (Å²) in [5.74, 6) is 1.38. The van der Waals surface area contributed by atoms with Crippen LogP contribution in [0.15, 0.2) is 35.2 Å². The fourth-order valence-electron chi connectivity index (χ4n) is 4.23. The highest BCUT2D eigenvalue weighted by Gasteiger charge is 2.31. The highest BCUT2D eigenvalue weighted by atomic mass is 32.2. The van der Waals surface area contributed by atoms with Gasteiger partial charge < -0.3 is 14.4 Å². The van der Waals surface area contributed by atoms with E-state index in [1.165, 1.54) is 0 Å². The molecule has 0 fully saturated rings. The molecule has 2 aromatic rings. The number of anilines is 1. The topological polar surface area (TPSA) is 84.9 Å². The van der Waals surface area contributed by atoms with Crippen LogP contribution in [0.1, 0.15) is 29.5 Å². The van der Waals surface area contributed by atoms with E-state index in [9.17, 15) is 13.2 Å². The first-order valence-corrected chi connectivity index (χ1v) is 11.6. The van der Waals surface area contributed by atoms with Crippen molar-refractivity contribution in [2.45, 2.75) is 37.0 Å². The van der Waals surface area contributed by atoms with Gasteiger partial charge in [0.05, 0.1) is 24.8 Å². The van der Waals surface area contributed by atoms with Crippen LogP contribution in [-0.4, -0.2) is 41.6 Å². The van der Waals surface area contributed by atoms with E-state index < -0.39 is 10.0 Å². The van der Waals surface area contributed by atoms with E-state index in [1.807, 2.05) is 23.1 Å². The van der Waals surface area contributed by atoms with Crippen LogP contribution >= 0.6 is 0 Å². The first-order valence-electron chi connectivity index (χ1n) is 10.1. The SMILES string of the molecule is COc1ccc(CCNS(=O)(=O)c2cc3c4c(c2)CCC(=O)N4CCC3)cc1OC. The zero-order chi connectivity index (χ0) is 21.3. The third kappa shape index (κ3) is 3.89. The van der Waals surface area contributed by atoms with Gasteiger partial charge in [-0.2, -0.15) is 0 Å². The predicted octanol–water partition coefficient (Wildman–Crippen LogP) is 2.45. The van der Waals surface area contributed by atoms with E-state index >= 15 is 0 Å². The van der Waals surface area contributed by atoms with E-state index in [1.54, 1.807) is 26.4 Å². The van der Waals surface area contributed by atoms with E-state index in [0.717, 1.165) is 35.2 Å². The molecule has 7 nitrogen and oxygen atoms in total. The second-order valence-corrected chi connectivity index (χ2v) is 9.34. The van der Waals surface area contributed by atoms with Crippen LogP contribution in [0.4, 0.5) is 5.69 Å². The molecule has 0 radical (unpaired) electrons. The second kappa shape index (κ2) is 8.28. The molecule has 8 heteroatoms. The maximum atomic E-state index is 12.9. The van der Waals surface area contributed by atoms with Gasteiger partial charge in [-0.15, -0.1) is 0 Å². The van der Waals surface area contributed by atoms with Gasteiger partial charge in [0, 0.05) is 19.5 Å². The number of carbonyl (C=O) groups excluding carboxylic acids is 1. The molecule has 30 heavy (non-hydrogen) atoms. The number of sulfonamides is 1. The summed E-state index contributed by atoms with van der Waals surface area (Å²) in [6, 6.07) is 9.00. The molecule has 160 valence electrons. The summed E-state index contributed by atoms with van der Waals surface area (Å²) in [6.07, 6.45) is 3.20. The Labute approximate surface area is 177 Å². The van der Waals surface area contributed by atoms with Crippen LogP contribution in [-0.2, 0) is 34.1 Å². The Morgan fingerprint density at radius 1 is 1.00 bits per heavy atom. The van der Waals surface area contributed by atoms with Crippen LogP contribution in [0.25, 0.3) is 0 Å². The first kappa shape index (κ1) is 20.7. The van der Waals surface area contributed by atoms with Crippen LogP contribution in [0.3, 0.4) is 0 Å². The van der Waals surface area contributed by atoms with Crippen molar-refractivity contribution in [3.63, 3.8) is 0 Å². The largest absolute Gasteiger partial charge is 0.493 e. The third-order valence-corrected chi connectivity index (χ3v) is 7.15. The number of hydrogen-bond acceptors (Lipinski definition) is 5. The average Bonchev–Trinajstić information content (AvgIpc) is 2.75. The van der Waals surface area contributed by atoms with Crippen LogP contribution in [0.2, 0.25) is 0 Å². The summed E-state index contributed by atoms with van der Waals surface area (Å²) >= 11 is 0. The number of nitrogens with zero attached hydrogens (tertiary/aromatic N) is 1. The Morgan fingerprint density at radius 3 is 2.47 bits per heavy atom. The minimum atomic E-state index is -3.64.